The molecule has 0 unspecified atom stereocenters. The largest absolute Gasteiger partial charge is 0.494 e. The van der Waals surface area contributed by atoms with E-state index in [-0.39, 0.29) is 17.9 Å². The van der Waals surface area contributed by atoms with Crippen molar-refractivity contribution in [1.82, 2.24) is 10.2 Å². The minimum absolute atomic E-state index is 0.206. The number of benzene rings is 2. The highest BCUT2D eigenvalue weighted by molar-refractivity contribution is 6.19. The summed E-state index contributed by atoms with van der Waals surface area (Å²) < 4.78 is 19.8. The molecule has 1 N–H and O–H groups in total. The van der Waals surface area contributed by atoms with Gasteiger partial charge in [0.2, 0.25) is 0 Å². The van der Waals surface area contributed by atoms with E-state index >= 15 is 0 Å². The van der Waals surface area contributed by atoms with Gasteiger partial charge in [-0.2, -0.15) is 0 Å². The van der Waals surface area contributed by atoms with Gasteiger partial charge in [0, 0.05) is 25.3 Å². The molecular weight excluding hydrogens is 443 g/mol. The van der Waals surface area contributed by atoms with Crippen molar-refractivity contribution in [3.05, 3.63) is 59.9 Å². The van der Waals surface area contributed by atoms with Crippen molar-refractivity contribution in [1.29, 1.82) is 0 Å². The van der Waals surface area contributed by atoms with Crippen molar-refractivity contribution < 1.29 is 13.9 Å². The summed E-state index contributed by atoms with van der Waals surface area (Å²) in [4.78, 5) is 22.6. The van der Waals surface area contributed by atoms with Crippen LogP contribution in [0.5, 0.6) is 5.75 Å². The average molecular weight is 479 g/mol. The molecule has 2 aromatic carbocycles. The van der Waals surface area contributed by atoms with Gasteiger partial charge in [0.1, 0.15) is 22.9 Å². The molecule has 35 heavy (non-hydrogen) atoms. The Morgan fingerprint density at radius 1 is 1.09 bits per heavy atom. The molecule has 2 heterocycles. The quantitative estimate of drug-likeness (QED) is 0.595. The Labute approximate surface area is 207 Å². The average Bonchev–Trinajstić information content (AvgIpc) is 3.12. The highest BCUT2D eigenvalue weighted by Crippen LogP contribution is 2.39. The zero-order valence-corrected chi connectivity index (χ0v) is 20.5. The van der Waals surface area contributed by atoms with Crippen molar-refractivity contribution in [2.45, 2.75) is 70.0 Å². The van der Waals surface area contributed by atoms with Gasteiger partial charge >= 0.3 is 6.03 Å². The van der Waals surface area contributed by atoms with Crippen LogP contribution < -0.4 is 15.0 Å². The fourth-order valence-corrected chi connectivity index (χ4v) is 5.80. The SMILES string of the molecule is CCOc1cccc(CN2CCC3(CC2)C(=NC2CCCCC2)NC(=O)N3c2cccc(F)c2)c1. The molecule has 1 saturated carbocycles. The van der Waals surface area contributed by atoms with Gasteiger partial charge in [-0.3, -0.25) is 20.1 Å². The van der Waals surface area contributed by atoms with Crippen LogP contribution in [-0.4, -0.2) is 48.0 Å². The molecule has 5 rings (SSSR count). The van der Waals surface area contributed by atoms with Crippen LogP contribution in [0, 0.1) is 5.82 Å². The summed E-state index contributed by atoms with van der Waals surface area (Å²) in [5.74, 6) is 1.33. The molecule has 0 radical (unpaired) electrons. The Morgan fingerprint density at radius 2 is 1.86 bits per heavy atom. The van der Waals surface area contributed by atoms with E-state index in [2.05, 4.69) is 22.3 Å². The molecule has 0 bridgehead atoms. The summed E-state index contributed by atoms with van der Waals surface area (Å²) in [7, 11) is 0. The van der Waals surface area contributed by atoms with Crippen molar-refractivity contribution in [2.75, 3.05) is 24.6 Å². The molecule has 1 aliphatic carbocycles. The number of carbonyl (C=O) groups is 1. The van der Waals surface area contributed by atoms with Crippen LogP contribution in [0.2, 0.25) is 0 Å². The number of anilines is 1. The summed E-state index contributed by atoms with van der Waals surface area (Å²) in [5, 5.41) is 3.10. The molecule has 3 aliphatic rings. The molecule has 186 valence electrons. The Balaban J connectivity index is 1.40. The van der Waals surface area contributed by atoms with Crippen molar-refractivity contribution in [3.63, 3.8) is 0 Å². The Morgan fingerprint density at radius 3 is 2.60 bits per heavy atom. The molecule has 0 atom stereocenters. The lowest BCUT2D eigenvalue weighted by atomic mass is 9.84. The number of amidine groups is 1. The van der Waals surface area contributed by atoms with Gasteiger partial charge in [-0.25, -0.2) is 9.18 Å². The van der Waals surface area contributed by atoms with E-state index in [1.807, 2.05) is 25.1 Å². The first-order valence-corrected chi connectivity index (χ1v) is 13.0. The first-order chi connectivity index (χ1) is 17.1. The number of hydrogen-bond acceptors (Lipinski definition) is 4. The third-order valence-electron chi connectivity index (χ3n) is 7.55. The maximum absolute atomic E-state index is 14.2. The summed E-state index contributed by atoms with van der Waals surface area (Å²) >= 11 is 0. The zero-order chi connectivity index (χ0) is 24.3. The van der Waals surface area contributed by atoms with Gasteiger partial charge in [0.05, 0.1) is 12.6 Å². The van der Waals surface area contributed by atoms with Crippen LogP contribution in [-0.2, 0) is 6.54 Å². The van der Waals surface area contributed by atoms with E-state index in [1.165, 1.54) is 37.0 Å². The second kappa shape index (κ2) is 10.4. The molecule has 3 fully saturated rings. The second-order valence-electron chi connectivity index (χ2n) is 9.90. The highest BCUT2D eigenvalue weighted by Gasteiger charge is 2.53. The summed E-state index contributed by atoms with van der Waals surface area (Å²) in [6.07, 6.45) is 7.26. The number of amides is 2. The lowest BCUT2D eigenvalue weighted by Crippen LogP contribution is -2.57. The third kappa shape index (κ3) is 5.06. The fraction of sp³-hybridized carbons (Fsp3) is 0.500. The minimum atomic E-state index is -0.563. The first kappa shape index (κ1) is 23.8. The molecule has 2 saturated heterocycles. The lowest BCUT2D eigenvalue weighted by Gasteiger charge is -2.44. The Bertz CT molecular complexity index is 1070. The molecule has 2 amide bonds. The van der Waals surface area contributed by atoms with Crippen LogP contribution in [0.1, 0.15) is 57.4 Å². The molecule has 7 heteroatoms. The number of rotatable bonds is 6. The molecule has 2 aliphatic heterocycles. The van der Waals surface area contributed by atoms with E-state index in [0.717, 1.165) is 56.9 Å². The number of ether oxygens (including phenoxy) is 1. The maximum atomic E-state index is 14.2. The van der Waals surface area contributed by atoms with Crippen molar-refractivity contribution >= 4 is 17.6 Å². The molecule has 6 nitrogen and oxygen atoms in total. The van der Waals surface area contributed by atoms with Gasteiger partial charge in [-0.05, 0) is 68.5 Å². The zero-order valence-electron chi connectivity index (χ0n) is 20.5. The predicted molar refractivity (Wildman–Crippen MR) is 137 cm³/mol. The number of carbonyl (C=O) groups excluding carboxylic acids is 1. The topological polar surface area (TPSA) is 57.2 Å². The van der Waals surface area contributed by atoms with Gasteiger partial charge in [0.15, 0.2) is 0 Å². The number of halogens is 1. The van der Waals surface area contributed by atoms with Gasteiger partial charge in [-0.1, -0.05) is 37.5 Å². The number of nitrogens with zero attached hydrogens (tertiary/aromatic N) is 3. The smallest absolute Gasteiger partial charge is 0.328 e. The van der Waals surface area contributed by atoms with Gasteiger partial charge in [-0.15, -0.1) is 0 Å². The van der Waals surface area contributed by atoms with Crippen molar-refractivity contribution in [3.8, 4) is 5.75 Å². The lowest BCUT2D eigenvalue weighted by molar-refractivity contribution is 0.184. The first-order valence-electron chi connectivity index (χ1n) is 13.0. The van der Waals surface area contributed by atoms with E-state index in [4.69, 9.17) is 9.73 Å². The summed E-state index contributed by atoms with van der Waals surface area (Å²) in [6.45, 7) is 5.11. The maximum Gasteiger partial charge on any atom is 0.328 e. The summed E-state index contributed by atoms with van der Waals surface area (Å²) in [5.41, 5.74) is 1.24. The normalized spacial score (nSPS) is 22.1. The van der Waals surface area contributed by atoms with Gasteiger partial charge < -0.3 is 4.74 Å². The second-order valence-corrected chi connectivity index (χ2v) is 9.90. The molecule has 0 aromatic heterocycles. The number of urea groups is 1. The number of likely N-dealkylation sites (tertiary alicyclic amines) is 1. The van der Waals surface area contributed by atoms with E-state index in [9.17, 15) is 9.18 Å². The van der Waals surface area contributed by atoms with E-state index in [1.54, 1.807) is 11.0 Å². The molecular formula is C28H35FN4O2. The van der Waals surface area contributed by atoms with Crippen molar-refractivity contribution in [2.24, 2.45) is 4.99 Å². The van der Waals surface area contributed by atoms with E-state index < -0.39 is 5.54 Å². The number of hydrogen-bond donors (Lipinski definition) is 1. The molecule has 2 aromatic rings. The number of aliphatic imine (C=N–C) groups is 1. The Hall–Kier alpha value is -2.93. The van der Waals surface area contributed by atoms with Crippen LogP contribution in [0.25, 0.3) is 0 Å². The standard InChI is InChI=1S/C28H35FN4O2/c1-2-35-25-13-6-8-21(18-25)20-32-16-14-28(15-17-32)26(30-23-10-4-3-5-11-23)31-27(34)33(28)24-12-7-9-22(29)19-24/h6-9,12-13,18-19,23H,2-5,10-11,14-17,20H2,1H3,(H,30,31,34). The van der Waals surface area contributed by atoms with Gasteiger partial charge in [0.25, 0.3) is 0 Å². The summed E-state index contributed by atoms with van der Waals surface area (Å²) in [6, 6.07) is 14.7. The monoisotopic (exact) mass is 478 g/mol. The highest BCUT2D eigenvalue weighted by atomic mass is 19.1. The molecule has 1 spiro atoms. The third-order valence-corrected chi connectivity index (χ3v) is 7.55. The number of nitrogens with one attached hydrogen (secondary N) is 1. The van der Waals surface area contributed by atoms with Crippen LogP contribution in [0.15, 0.2) is 53.5 Å². The predicted octanol–water partition coefficient (Wildman–Crippen LogP) is 5.52. The Kier molecular flexibility index (Phi) is 7.04. The fourth-order valence-electron chi connectivity index (χ4n) is 5.80. The minimum Gasteiger partial charge on any atom is -0.494 e. The van der Waals surface area contributed by atoms with Crippen LogP contribution in [0.4, 0.5) is 14.9 Å². The van der Waals surface area contributed by atoms with Crippen LogP contribution >= 0.6 is 0 Å². The van der Waals surface area contributed by atoms with Crippen LogP contribution in [0.3, 0.4) is 0 Å². The number of piperidine rings is 1. The van der Waals surface area contributed by atoms with E-state index in [0.29, 0.717) is 12.3 Å².